The molecule has 0 saturated heterocycles. The number of nitrogens with zero attached hydrogens (tertiary/aromatic N) is 3. The van der Waals surface area contributed by atoms with E-state index >= 15 is 0 Å². The van der Waals surface area contributed by atoms with E-state index in [4.69, 9.17) is 4.74 Å². The Bertz CT molecular complexity index is 1090. The Hall–Kier alpha value is -3.41. The zero-order valence-corrected chi connectivity index (χ0v) is 17.9. The van der Waals surface area contributed by atoms with Crippen LogP contribution in [0.1, 0.15) is 38.7 Å². The standard InChI is InChI=1S/C24H27N3O3/c1-6-12-26-16(2)13-22(18(26)4)23(28)15-30-24(29)14-21-17(3)25-27(19(21)5)20-10-8-7-9-11-20/h6-11,13H,1,12,14-15H2,2-5H3. The maximum atomic E-state index is 12.6. The summed E-state index contributed by atoms with van der Waals surface area (Å²) in [6, 6.07) is 11.6. The molecule has 0 bridgehead atoms. The van der Waals surface area contributed by atoms with Crippen LogP contribution in [-0.4, -0.2) is 32.7 Å². The third kappa shape index (κ3) is 4.27. The smallest absolute Gasteiger partial charge is 0.310 e. The van der Waals surface area contributed by atoms with Gasteiger partial charge in [-0.2, -0.15) is 5.10 Å². The predicted octanol–water partition coefficient (Wildman–Crippen LogP) is 4.06. The van der Waals surface area contributed by atoms with Gasteiger partial charge in [-0.3, -0.25) is 9.59 Å². The Kier molecular flexibility index (Phi) is 6.35. The fourth-order valence-electron chi connectivity index (χ4n) is 3.66. The summed E-state index contributed by atoms with van der Waals surface area (Å²) in [6.45, 7) is 11.7. The molecule has 0 aliphatic heterocycles. The van der Waals surface area contributed by atoms with Crippen molar-refractivity contribution >= 4 is 11.8 Å². The van der Waals surface area contributed by atoms with E-state index in [0.29, 0.717) is 12.1 Å². The summed E-state index contributed by atoms with van der Waals surface area (Å²) in [5.41, 5.74) is 5.81. The van der Waals surface area contributed by atoms with Crippen molar-refractivity contribution in [3.63, 3.8) is 0 Å². The molecule has 3 rings (SSSR count). The van der Waals surface area contributed by atoms with E-state index in [1.165, 1.54) is 0 Å². The Morgan fingerprint density at radius 1 is 1.10 bits per heavy atom. The SMILES string of the molecule is C=CCn1c(C)cc(C(=O)COC(=O)Cc2c(C)nn(-c3ccccc3)c2C)c1C. The van der Waals surface area contributed by atoms with Crippen molar-refractivity contribution in [1.82, 2.24) is 14.3 Å². The molecule has 0 fully saturated rings. The molecular weight excluding hydrogens is 378 g/mol. The third-order valence-electron chi connectivity index (χ3n) is 5.31. The van der Waals surface area contributed by atoms with Crippen LogP contribution in [0.5, 0.6) is 0 Å². The highest BCUT2D eigenvalue weighted by Crippen LogP contribution is 2.19. The number of ether oxygens (including phenoxy) is 1. The molecule has 2 heterocycles. The van der Waals surface area contributed by atoms with Crippen molar-refractivity contribution in [2.75, 3.05) is 6.61 Å². The van der Waals surface area contributed by atoms with Crippen molar-refractivity contribution < 1.29 is 14.3 Å². The first-order valence-electron chi connectivity index (χ1n) is 9.90. The molecule has 2 aromatic heterocycles. The number of hydrogen-bond acceptors (Lipinski definition) is 4. The van der Waals surface area contributed by atoms with Crippen LogP contribution < -0.4 is 0 Å². The number of aromatic nitrogens is 3. The highest BCUT2D eigenvalue weighted by atomic mass is 16.5. The second-order valence-corrected chi connectivity index (χ2v) is 7.34. The average molecular weight is 405 g/mol. The lowest BCUT2D eigenvalue weighted by Gasteiger charge is -2.07. The van der Waals surface area contributed by atoms with Crippen LogP contribution in [0.2, 0.25) is 0 Å². The number of rotatable bonds is 8. The summed E-state index contributed by atoms with van der Waals surface area (Å²) < 4.78 is 9.12. The van der Waals surface area contributed by atoms with Crippen molar-refractivity contribution in [1.29, 1.82) is 0 Å². The van der Waals surface area contributed by atoms with Gasteiger partial charge in [0.1, 0.15) is 0 Å². The zero-order valence-electron chi connectivity index (χ0n) is 17.9. The minimum absolute atomic E-state index is 0.0767. The molecule has 1 aromatic carbocycles. The normalized spacial score (nSPS) is 10.8. The molecule has 0 aliphatic carbocycles. The number of Topliss-reactive ketones (excluding diaryl/α,β-unsaturated/α-hetero) is 1. The van der Waals surface area contributed by atoms with Gasteiger partial charge in [0, 0.05) is 34.8 Å². The van der Waals surface area contributed by atoms with E-state index in [1.54, 1.807) is 6.08 Å². The van der Waals surface area contributed by atoms with E-state index in [9.17, 15) is 9.59 Å². The molecule has 30 heavy (non-hydrogen) atoms. The van der Waals surface area contributed by atoms with Crippen LogP contribution in [0.25, 0.3) is 5.69 Å². The maximum Gasteiger partial charge on any atom is 0.310 e. The lowest BCUT2D eigenvalue weighted by Crippen LogP contribution is -2.17. The van der Waals surface area contributed by atoms with E-state index in [-0.39, 0.29) is 18.8 Å². The molecule has 0 radical (unpaired) electrons. The summed E-state index contributed by atoms with van der Waals surface area (Å²) in [7, 11) is 0. The van der Waals surface area contributed by atoms with Crippen molar-refractivity contribution in [2.24, 2.45) is 0 Å². The minimum Gasteiger partial charge on any atom is -0.457 e. The van der Waals surface area contributed by atoms with E-state index in [1.807, 2.05) is 73.3 Å². The van der Waals surface area contributed by atoms with Gasteiger partial charge in [-0.1, -0.05) is 24.3 Å². The largest absolute Gasteiger partial charge is 0.457 e. The third-order valence-corrected chi connectivity index (χ3v) is 5.31. The van der Waals surface area contributed by atoms with Crippen LogP contribution in [0.15, 0.2) is 49.1 Å². The first-order chi connectivity index (χ1) is 14.3. The van der Waals surface area contributed by atoms with E-state index in [0.717, 1.165) is 34.0 Å². The summed E-state index contributed by atoms with van der Waals surface area (Å²) >= 11 is 0. The van der Waals surface area contributed by atoms with Gasteiger partial charge in [0.15, 0.2) is 6.61 Å². The zero-order chi connectivity index (χ0) is 21.8. The molecule has 0 aliphatic rings. The Labute approximate surface area is 176 Å². The number of aryl methyl sites for hydroxylation is 2. The van der Waals surface area contributed by atoms with Gasteiger partial charge in [-0.05, 0) is 45.9 Å². The van der Waals surface area contributed by atoms with E-state index < -0.39 is 5.97 Å². The predicted molar refractivity (Wildman–Crippen MR) is 116 cm³/mol. The van der Waals surface area contributed by atoms with Crippen LogP contribution in [0, 0.1) is 27.7 Å². The number of benzene rings is 1. The summed E-state index contributed by atoms with van der Waals surface area (Å²) in [5.74, 6) is -0.651. The van der Waals surface area contributed by atoms with Gasteiger partial charge in [0.2, 0.25) is 5.78 Å². The number of carbonyl (C=O) groups excluding carboxylic acids is 2. The lowest BCUT2D eigenvalue weighted by molar-refractivity contribution is -0.141. The fourth-order valence-corrected chi connectivity index (χ4v) is 3.66. The highest BCUT2D eigenvalue weighted by Gasteiger charge is 2.20. The monoisotopic (exact) mass is 405 g/mol. The second kappa shape index (κ2) is 8.95. The Balaban J connectivity index is 1.67. The van der Waals surface area contributed by atoms with Crippen LogP contribution in [-0.2, 0) is 22.5 Å². The minimum atomic E-state index is -0.443. The molecule has 0 atom stereocenters. The van der Waals surface area contributed by atoms with Gasteiger partial charge < -0.3 is 9.30 Å². The molecule has 156 valence electrons. The van der Waals surface area contributed by atoms with Crippen LogP contribution in [0.3, 0.4) is 0 Å². The van der Waals surface area contributed by atoms with Crippen LogP contribution >= 0.6 is 0 Å². The first kappa shape index (κ1) is 21.3. The number of allylic oxidation sites excluding steroid dienone is 1. The van der Waals surface area contributed by atoms with E-state index in [2.05, 4.69) is 11.7 Å². The topological polar surface area (TPSA) is 66.1 Å². The Morgan fingerprint density at radius 3 is 2.47 bits per heavy atom. The van der Waals surface area contributed by atoms with Gasteiger partial charge in [-0.25, -0.2) is 4.68 Å². The molecule has 0 amide bonds. The maximum absolute atomic E-state index is 12.6. The highest BCUT2D eigenvalue weighted by molar-refractivity contribution is 5.99. The van der Waals surface area contributed by atoms with Crippen molar-refractivity contribution in [3.8, 4) is 5.69 Å². The Morgan fingerprint density at radius 2 is 1.80 bits per heavy atom. The van der Waals surface area contributed by atoms with Gasteiger partial charge in [0.25, 0.3) is 0 Å². The van der Waals surface area contributed by atoms with Crippen molar-refractivity contribution in [2.45, 2.75) is 40.7 Å². The molecule has 0 unspecified atom stereocenters. The number of para-hydroxylation sites is 1. The average Bonchev–Trinajstić information content (AvgIpc) is 3.18. The molecule has 6 heteroatoms. The van der Waals surface area contributed by atoms with Crippen LogP contribution in [0.4, 0.5) is 0 Å². The molecule has 6 nitrogen and oxygen atoms in total. The fraction of sp³-hybridized carbons (Fsp3) is 0.292. The molecular formula is C24H27N3O3. The molecule has 0 saturated carbocycles. The van der Waals surface area contributed by atoms with Gasteiger partial charge >= 0.3 is 5.97 Å². The summed E-state index contributed by atoms with van der Waals surface area (Å²) in [6.07, 6.45) is 1.86. The first-order valence-corrected chi connectivity index (χ1v) is 9.90. The number of hydrogen-bond donors (Lipinski definition) is 0. The molecule has 0 N–H and O–H groups in total. The van der Waals surface area contributed by atoms with Gasteiger partial charge in [0.05, 0.1) is 17.8 Å². The number of esters is 1. The summed E-state index contributed by atoms with van der Waals surface area (Å²) in [4.78, 5) is 25.0. The van der Waals surface area contributed by atoms with Crippen molar-refractivity contribution in [3.05, 3.63) is 83.0 Å². The molecule has 3 aromatic rings. The quantitative estimate of drug-likeness (QED) is 0.322. The lowest BCUT2D eigenvalue weighted by atomic mass is 10.1. The molecule has 0 spiro atoms. The van der Waals surface area contributed by atoms with Gasteiger partial charge in [-0.15, -0.1) is 6.58 Å². The number of ketones is 1. The summed E-state index contributed by atoms with van der Waals surface area (Å²) in [5, 5.41) is 4.55. The number of carbonyl (C=O) groups is 2. The second-order valence-electron chi connectivity index (χ2n) is 7.34.